The number of carbonyl (C=O) groups is 1. The molecule has 0 aliphatic carbocycles. The van der Waals surface area contributed by atoms with Crippen LogP contribution in [0.15, 0.2) is 30.3 Å². The highest BCUT2D eigenvalue weighted by Crippen LogP contribution is 2.19. The van der Waals surface area contributed by atoms with Crippen molar-refractivity contribution in [2.45, 2.75) is 25.7 Å². The lowest BCUT2D eigenvalue weighted by Crippen LogP contribution is -2.38. The first-order chi connectivity index (χ1) is 10.3. The second kappa shape index (κ2) is 8.80. The second-order valence-electron chi connectivity index (χ2n) is 5.47. The summed E-state index contributed by atoms with van der Waals surface area (Å²) in [7, 11) is 0. The van der Waals surface area contributed by atoms with Crippen LogP contribution in [0.3, 0.4) is 0 Å². The molecule has 1 heterocycles. The van der Waals surface area contributed by atoms with Crippen molar-refractivity contribution < 1.29 is 9.53 Å². The lowest BCUT2D eigenvalue weighted by atomic mass is 9.96. The Kier molecular flexibility index (Phi) is 6.70. The van der Waals surface area contributed by atoms with Crippen molar-refractivity contribution >= 4 is 5.91 Å². The third-order valence-corrected chi connectivity index (χ3v) is 3.98. The third kappa shape index (κ3) is 5.14. The van der Waals surface area contributed by atoms with Crippen LogP contribution in [-0.4, -0.2) is 50.2 Å². The minimum absolute atomic E-state index is 0.0328. The average molecular weight is 290 g/mol. The molecular weight excluding hydrogens is 264 g/mol. The summed E-state index contributed by atoms with van der Waals surface area (Å²) in [5.74, 6) is 0.111. The smallest absolute Gasteiger partial charge is 0.227 e. The van der Waals surface area contributed by atoms with Crippen LogP contribution in [-0.2, 0) is 9.53 Å². The Morgan fingerprint density at radius 1 is 1.29 bits per heavy atom. The van der Waals surface area contributed by atoms with Gasteiger partial charge in [-0.2, -0.15) is 0 Å². The van der Waals surface area contributed by atoms with Crippen molar-refractivity contribution in [1.82, 2.24) is 10.2 Å². The number of nitrogens with zero attached hydrogens (tertiary/aromatic N) is 1. The van der Waals surface area contributed by atoms with Gasteiger partial charge < -0.3 is 10.1 Å². The van der Waals surface area contributed by atoms with Gasteiger partial charge in [-0.05, 0) is 24.9 Å². The van der Waals surface area contributed by atoms with Gasteiger partial charge in [-0.15, -0.1) is 0 Å². The number of nitrogens with one attached hydrogen (secondary N) is 1. The van der Waals surface area contributed by atoms with Crippen molar-refractivity contribution in [3.63, 3.8) is 0 Å². The minimum Gasteiger partial charge on any atom is -0.379 e. The molecule has 116 valence electrons. The molecule has 1 fully saturated rings. The fourth-order valence-corrected chi connectivity index (χ4v) is 2.72. The molecule has 21 heavy (non-hydrogen) atoms. The van der Waals surface area contributed by atoms with Gasteiger partial charge in [-0.25, -0.2) is 0 Å². The Morgan fingerprint density at radius 2 is 2.00 bits per heavy atom. The maximum Gasteiger partial charge on any atom is 0.227 e. The van der Waals surface area contributed by atoms with E-state index in [1.165, 1.54) is 0 Å². The van der Waals surface area contributed by atoms with E-state index in [9.17, 15) is 4.79 Å². The lowest BCUT2D eigenvalue weighted by molar-refractivity contribution is -0.122. The number of hydrogen-bond donors (Lipinski definition) is 1. The van der Waals surface area contributed by atoms with Crippen LogP contribution in [0.1, 0.15) is 31.2 Å². The van der Waals surface area contributed by atoms with Crippen LogP contribution in [0, 0.1) is 0 Å². The van der Waals surface area contributed by atoms with Crippen LogP contribution in [0.4, 0.5) is 0 Å². The molecule has 1 aliphatic rings. The fraction of sp³-hybridized carbons (Fsp3) is 0.588. The van der Waals surface area contributed by atoms with Gasteiger partial charge in [-0.1, -0.05) is 37.3 Å². The van der Waals surface area contributed by atoms with Crippen molar-refractivity contribution in [1.29, 1.82) is 0 Å². The Hall–Kier alpha value is -1.39. The molecule has 4 nitrogen and oxygen atoms in total. The van der Waals surface area contributed by atoms with Gasteiger partial charge in [-0.3, -0.25) is 9.69 Å². The highest BCUT2D eigenvalue weighted by molar-refractivity contribution is 5.83. The van der Waals surface area contributed by atoms with E-state index in [0.717, 1.165) is 57.8 Å². The van der Waals surface area contributed by atoms with Gasteiger partial charge in [0, 0.05) is 19.6 Å². The Balaban J connectivity index is 1.70. The highest BCUT2D eigenvalue weighted by atomic mass is 16.5. The molecular formula is C17H26N2O2. The van der Waals surface area contributed by atoms with Crippen LogP contribution >= 0.6 is 0 Å². The van der Waals surface area contributed by atoms with Crippen LogP contribution in [0.5, 0.6) is 0 Å². The summed E-state index contributed by atoms with van der Waals surface area (Å²) in [6.07, 6.45) is 1.83. The number of amides is 1. The summed E-state index contributed by atoms with van der Waals surface area (Å²) < 4.78 is 5.33. The number of rotatable bonds is 7. The summed E-state index contributed by atoms with van der Waals surface area (Å²) in [6, 6.07) is 10.0. The van der Waals surface area contributed by atoms with Gasteiger partial charge >= 0.3 is 0 Å². The van der Waals surface area contributed by atoms with Gasteiger partial charge in [0.05, 0.1) is 19.1 Å². The third-order valence-electron chi connectivity index (χ3n) is 3.98. The zero-order valence-electron chi connectivity index (χ0n) is 12.9. The zero-order valence-corrected chi connectivity index (χ0v) is 12.9. The van der Waals surface area contributed by atoms with Crippen LogP contribution in [0.25, 0.3) is 0 Å². The summed E-state index contributed by atoms with van der Waals surface area (Å²) in [6.45, 7) is 7.53. The molecule has 1 N–H and O–H groups in total. The van der Waals surface area contributed by atoms with Crippen LogP contribution in [0.2, 0.25) is 0 Å². The van der Waals surface area contributed by atoms with E-state index >= 15 is 0 Å². The topological polar surface area (TPSA) is 41.6 Å². The van der Waals surface area contributed by atoms with E-state index in [-0.39, 0.29) is 11.8 Å². The van der Waals surface area contributed by atoms with E-state index in [2.05, 4.69) is 17.1 Å². The average Bonchev–Trinajstić information content (AvgIpc) is 2.54. The molecule has 0 saturated carbocycles. The standard InChI is InChI=1S/C17H26N2O2/c1-2-16(15-7-4-3-5-8-15)17(20)18-9-6-10-19-11-13-21-14-12-19/h3-5,7-8,16H,2,6,9-14H2,1H3,(H,18,20)/t16-/m1/s1. The number of ether oxygens (including phenoxy) is 1. The first kappa shape index (κ1) is 16.0. The summed E-state index contributed by atoms with van der Waals surface area (Å²) in [5, 5.41) is 3.07. The molecule has 1 aliphatic heterocycles. The number of carbonyl (C=O) groups excluding carboxylic acids is 1. The highest BCUT2D eigenvalue weighted by Gasteiger charge is 2.17. The first-order valence-electron chi connectivity index (χ1n) is 7.94. The second-order valence-corrected chi connectivity index (χ2v) is 5.47. The Morgan fingerprint density at radius 3 is 2.67 bits per heavy atom. The van der Waals surface area contributed by atoms with Gasteiger partial charge in [0.1, 0.15) is 0 Å². The van der Waals surface area contributed by atoms with Crippen molar-refractivity contribution in [2.24, 2.45) is 0 Å². The van der Waals surface area contributed by atoms with Crippen LogP contribution < -0.4 is 5.32 Å². The van der Waals surface area contributed by atoms with Crippen molar-refractivity contribution in [3.05, 3.63) is 35.9 Å². The first-order valence-corrected chi connectivity index (χ1v) is 7.94. The maximum absolute atomic E-state index is 12.3. The molecule has 0 unspecified atom stereocenters. The van der Waals surface area contributed by atoms with Gasteiger partial charge in [0.15, 0.2) is 0 Å². The van der Waals surface area contributed by atoms with Crippen molar-refractivity contribution in [2.75, 3.05) is 39.4 Å². The summed E-state index contributed by atoms with van der Waals surface area (Å²) in [4.78, 5) is 14.7. The summed E-state index contributed by atoms with van der Waals surface area (Å²) >= 11 is 0. The molecule has 0 bridgehead atoms. The lowest BCUT2D eigenvalue weighted by Gasteiger charge is -2.26. The molecule has 1 atom stereocenters. The van der Waals surface area contributed by atoms with Gasteiger partial charge in [0.2, 0.25) is 5.91 Å². The normalized spacial score (nSPS) is 17.4. The maximum atomic E-state index is 12.3. The quantitative estimate of drug-likeness (QED) is 0.781. The SMILES string of the molecule is CC[C@@H](C(=O)NCCCN1CCOCC1)c1ccccc1. The molecule has 4 heteroatoms. The number of hydrogen-bond acceptors (Lipinski definition) is 3. The largest absolute Gasteiger partial charge is 0.379 e. The van der Waals surface area contributed by atoms with E-state index in [1.54, 1.807) is 0 Å². The molecule has 1 amide bonds. The molecule has 1 aromatic carbocycles. The predicted molar refractivity (Wildman–Crippen MR) is 84.4 cm³/mol. The molecule has 0 aromatic heterocycles. The number of morpholine rings is 1. The van der Waals surface area contributed by atoms with Crippen molar-refractivity contribution in [3.8, 4) is 0 Å². The Bertz CT molecular complexity index is 416. The molecule has 0 radical (unpaired) electrons. The minimum atomic E-state index is -0.0328. The zero-order chi connectivity index (χ0) is 14.9. The van der Waals surface area contributed by atoms with Gasteiger partial charge in [0.25, 0.3) is 0 Å². The molecule has 0 spiro atoms. The fourth-order valence-electron chi connectivity index (χ4n) is 2.72. The van der Waals surface area contributed by atoms with E-state index in [0.29, 0.717) is 0 Å². The molecule has 1 aromatic rings. The van der Waals surface area contributed by atoms with E-state index in [1.807, 2.05) is 30.3 Å². The molecule has 2 rings (SSSR count). The molecule has 1 saturated heterocycles. The predicted octanol–water partition coefficient (Wildman–Crippen LogP) is 2.02. The Labute approximate surface area is 127 Å². The number of benzene rings is 1. The van der Waals surface area contributed by atoms with E-state index in [4.69, 9.17) is 4.74 Å². The monoisotopic (exact) mass is 290 g/mol. The summed E-state index contributed by atoms with van der Waals surface area (Å²) in [5.41, 5.74) is 1.10. The van der Waals surface area contributed by atoms with E-state index < -0.39 is 0 Å².